The minimum absolute atomic E-state index is 1.02. The molecule has 0 aliphatic rings. The summed E-state index contributed by atoms with van der Waals surface area (Å²) in [7, 11) is 0. The number of thiophene rings is 1. The molecule has 0 radical (unpaired) electrons. The maximum atomic E-state index is 4.30. The van der Waals surface area contributed by atoms with Crippen LogP contribution in [0.15, 0.2) is 23.7 Å². The van der Waals surface area contributed by atoms with Crippen LogP contribution in [0.4, 0.5) is 0 Å². The van der Waals surface area contributed by atoms with E-state index < -0.39 is 0 Å². The maximum Gasteiger partial charge on any atom is 0.0487 e. The van der Waals surface area contributed by atoms with Crippen molar-refractivity contribution in [1.29, 1.82) is 0 Å². The van der Waals surface area contributed by atoms with Gasteiger partial charge in [-0.05, 0) is 23.9 Å². The summed E-state index contributed by atoms with van der Waals surface area (Å²) in [6.07, 6.45) is 2.91. The molecule has 2 heterocycles. The van der Waals surface area contributed by atoms with Crippen molar-refractivity contribution in [3.05, 3.63) is 29.4 Å². The predicted octanol–water partition coefficient (Wildman–Crippen LogP) is 2.86. The maximum absolute atomic E-state index is 4.30. The van der Waals surface area contributed by atoms with Crippen molar-refractivity contribution in [1.82, 2.24) is 4.98 Å². The van der Waals surface area contributed by atoms with Crippen LogP contribution in [0, 0.1) is 0 Å². The van der Waals surface area contributed by atoms with Crippen molar-refractivity contribution >= 4 is 21.4 Å². The third kappa shape index (κ3) is 1.03. The molecule has 2 aromatic rings. The number of hydrogen-bond donors (Lipinski definition) is 0. The quantitative estimate of drug-likeness (QED) is 0.630. The molecule has 0 N–H and O–H groups in total. The van der Waals surface area contributed by atoms with Crippen LogP contribution < -0.4 is 0 Å². The summed E-state index contributed by atoms with van der Waals surface area (Å²) in [5.41, 5.74) is 1.21. The molecule has 0 bridgehead atoms. The van der Waals surface area contributed by atoms with Gasteiger partial charge in [0.1, 0.15) is 0 Å². The number of aryl methyl sites for hydroxylation is 1. The Balaban J connectivity index is 2.79. The van der Waals surface area contributed by atoms with Gasteiger partial charge in [-0.25, -0.2) is 0 Å². The molecule has 0 aliphatic carbocycles. The molecule has 0 saturated heterocycles. The minimum atomic E-state index is 1.02. The van der Waals surface area contributed by atoms with Gasteiger partial charge in [0.25, 0.3) is 0 Å². The molecule has 0 aromatic carbocycles. The number of rotatable bonds is 1. The van der Waals surface area contributed by atoms with Crippen molar-refractivity contribution in [2.75, 3.05) is 0 Å². The largest absolute Gasteiger partial charge is 0.261 e. The van der Waals surface area contributed by atoms with Crippen molar-refractivity contribution < 1.29 is 0 Å². The Kier molecular flexibility index (Phi) is 1.62. The first-order valence-electron chi connectivity index (χ1n) is 3.73. The summed E-state index contributed by atoms with van der Waals surface area (Å²) in [5.74, 6) is 0. The molecule has 0 amide bonds. The van der Waals surface area contributed by atoms with Gasteiger partial charge in [0.2, 0.25) is 0 Å². The second kappa shape index (κ2) is 2.62. The van der Waals surface area contributed by atoms with Crippen molar-refractivity contribution in [3.63, 3.8) is 0 Å². The zero-order valence-corrected chi connectivity index (χ0v) is 7.19. The van der Waals surface area contributed by atoms with Crippen LogP contribution in [0.5, 0.6) is 0 Å². The molecule has 2 heteroatoms. The van der Waals surface area contributed by atoms with Gasteiger partial charge in [-0.1, -0.05) is 6.92 Å². The van der Waals surface area contributed by atoms with Crippen LogP contribution in [-0.2, 0) is 6.42 Å². The van der Waals surface area contributed by atoms with E-state index in [2.05, 4.69) is 29.4 Å². The SMILES string of the molecule is CCc1nccc2sccc12. The van der Waals surface area contributed by atoms with Gasteiger partial charge in [0.05, 0.1) is 0 Å². The Morgan fingerprint density at radius 1 is 1.45 bits per heavy atom. The highest BCUT2D eigenvalue weighted by molar-refractivity contribution is 7.17. The van der Waals surface area contributed by atoms with E-state index in [4.69, 9.17) is 0 Å². The molecule has 0 spiro atoms. The average molecular weight is 163 g/mol. The van der Waals surface area contributed by atoms with Gasteiger partial charge in [-0.2, -0.15) is 0 Å². The van der Waals surface area contributed by atoms with Gasteiger partial charge in [0, 0.05) is 22.0 Å². The third-order valence-electron chi connectivity index (χ3n) is 1.80. The number of fused-ring (bicyclic) bond motifs is 1. The lowest BCUT2D eigenvalue weighted by Gasteiger charge is -1.95. The third-order valence-corrected chi connectivity index (χ3v) is 2.68. The summed E-state index contributed by atoms with van der Waals surface area (Å²) in [5, 5.41) is 3.44. The second-order valence-corrected chi connectivity index (χ2v) is 3.39. The zero-order valence-electron chi connectivity index (χ0n) is 6.37. The monoisotopic (exact) mass is 163 g/mol. The fourth-order valence-electron chi connectivity index (χ4n) is 1.23. The van der Waals surface area contributed by atoms with Gasteiger partial charge in [-0.3, -0.25) is 4.98 Å². The van der Waals surface area contributed by atoms with Gasteiger partial charge < -0.3 is 0 Å². The van der Waals surface area contributed by atoms with E-state index in [1.165, 1.54) is 15.8 Å². The first kappa shape index (κ1) is 6.80. The first-order valence-corrected chi connectivity index (χ1v) is 4.61. The Hall–Kier alpha value is -0.890. The zero-order chi connectivity index (χ0) is 7.68. The molecule has 0 atom stereocenters. The fraction of sp³-hybridized carbons (Fsp3) is 0.222. The molecule has 0 unspecified atom stereocenters. The van der Waals surface area contributed by atoms with Crippen LogP contribution in [0.3, 0.4) is 0 Å². The van der Waals surface area contributed by atoms with Crippen LogP contribution in [-0.4, -0.2) is 4.98 Å². The smallest absolute Gasteiger partial charge is 0.0487 e. The number of pyridine rings is 1. The molecule has 2 aromatic heterocycles. The molecule has 1 nitrogen and oxygen atoms in total. The van der Waals surface area contributed by atoms with Crippen molar-refractivity contribution in [2.24, 2.45) is 0 Å². The predicted molar refractivity (Wildman–Crippen MR) is 49.0 cm³/mol. The van der Waals surface area contributed by atoms with E-state index in [-0.39, 0.29) is 0 Å². The highest BCUT2D eigenvalue weighted by atomic mass is 32.1. The molecule has 2 rings (SSSR count). The summed E-state index contributed by atoms with van der Waals surface area (Å²) in [4.78, 5) is 4.30. The lowest BCUT2D eigenvalue weighted by molar-refractivity contribution is 1.06. The highest BCUT2D eigenvalue weighted by Gasteiger charge is 1.99. The fourth-order valence-corrected chi connectivity index (χ4v) is 2.04. The Labute approximate surface area is 69.7 Å². The number of aromatic nitrogens is 1. The van der Waals surface area contributed by atoms with Crippen LogP contribution in [0.25, 0.3) is 10.1 Å². The topological polar surface area (TPSA) is 12.9 Å². The molecular formula is C9H9NS. The van der Waals surface area contributed by atoms with Gasteiger partial charge in [-0.15, -0.1) is 11.3 Å². The Bertz CT molecular complexity index is 364. The van der Waals surface area contributed by atoms with Gasteiger partial charge in [0.15, 0.2) is 0 Å². The van der Waals surface area contributed by atoms with E-state index in [1.54, 1.807) is 11.3 Å². The Morgan fingerprint density at radius 2 is 2.36 bits per heavy atom. The summed E-state index contributed by atoms with van der Waals surface area (Å²) >= 11 is 1.78. The normalized spacial score (nSPS) is 10.6. The molecule has 56 valence electrons. The van der Waals surface area contributed by atoms with Crippen molar-refractivity contribution in [3.8, 4) is 0 Å². The summed E-state index contributed by atoms with van der Waals surface area (Å²) < 4.78 is 1.34. The van der Waals surface area contributed by atoms with Crippen molar-refractivity contribution in [2.45, 2.75) is 13.3 Å². The van der Waals surface area contributed by atoms with E-state index in [0.717, 1.165) is 6.42 Å². The molecule has 0 aliphatic heterocycles. The average Bonchev–Trinajstić information content (AvgIpc) is 2.50. The van der Waals surface area contributed by atoms with E-state index in [1.807, 2.05) is 6.20 Å². The molecule has 11 heavy (non-hydrogen) atoms. The number of nitrogens with zero attached hydrogens (tertiary/aromatic N) is 1. The van der Waals surface area contributed by atoms with Gasteiger partial charge >= 0.3 is 0 Å². The first-order chi connectivity index (χ1) is 5.42. The van der Waals surface area contributed by atoms with E-state index >= 15 is 0 Å². The van der Waals surface area contributed by atoms with E-state index in [0.29, 0.717) is 0 Å². The summed E-state index contributed by atoms with van der Waals surface area (Å²) in [6, 6.07) is 4.21. The molecular weight excluding hydrogens is 154 g/mol. The Morgan fingerprint density at radius 3 is 3.18 bits per heavy atom. The molecule has 0 saturated carbocycles. The highest BCUT2D eigenvalue weighted by Crippen LogP contribution is 2.22. The lowest BCUT2D eigenvalue weighted by atomic mass is 10.2. The number of hydrogen-bond acceptors (Lipinski definition) is 2. The van der Waals surface area contributed by atoms with Crippen LogP contribution in [0.1, 0.15) is 12.6 Å². The molecule has 0 fully saturated rings. The minimum Gasteiger partial charge on any atom is -0.261 e. The second-order valence-electron chi connectivity index (χ2n) is 2.44. The lowest BCUT2D eigenvalue weighted by Crippen LogP contribution is -1.84. The van der Waals surface area contributed by atoms with Crippen LogP contribution >= 0.6 is 11.3 Å². The standard InChI is InChI=1S/C9H9NS/c1-2-8-7-4-6-11-9(7)3-5-10-8/h3-6H,2H2,1H3. The summed E-state index contributed by atoms with van der Waals surface area (Å²) in [6.45, 7) is 2.14. The van der Waals surface area contributed by atoms with Crippen LogP contribution in [0.2, 0.25) is 0 Å². The van der Waals surface area contributed by atoms with E-state index in [9.17, 15) is 0 Å².